The van der Waals surface area contributed by atoms with Gasteiger partial charge in [-0.05, 0) is 12.5 Å². The van der Waals surface area contributed by atoms with Crippen molar-refractivity contribution in [3.63, 3.8) is 0 Å². The van der Waals surface area contributed by atoms with Crippen molar-refractivity contribution >= 4 is 9.84 Å². The molecule has 0 spiro atoms. The number of aryl methyl sites for hydroxylation is 1. The van der Waals surface area contributed by atoms with Crippen molar-refractivity contribution < 1.29 is 13.5 Å². The highest BCUT2D eigenvalue weighted by molar-refractivity contribution is 7.92. The molecule has 0 aromatic heterocycles. The van der Waals surface area contributed by atoms with Crippen molar-refractivity contribution in [2.45, 2.75) is 25.1 Å². The third-order valence-corrected chi connectivity index (χ3v) is 5.08. The Hall–Kier alpha value is -0.910. The van der Waals surface area contributed by atoms with Crippen LogP contribution in [0, 0.1) is 6.92 Å². The van der Waals surface area contributed by atoms with Gasteiger partial charge in [0.2, 0.25) is 0 Å². The van der Waals surface area contributed by atoms with Gasteiger partial charge in [0.15, 0.2) is 9.84 Å². The molecular formula is C12H19NO3S. The average molecular weight is 257 g/mol. The molecule has 5 heteroatoms. The molecule has 0 aliphatic carbocycles. The van der Waals surface area contributed by atoms with Crippen molar-refractivity contribution in [3.8, 4) is 0 Å². The molecular weight excluding hydrogens is 238 g/mol. The van der Waals surface area contributed by atoms with Gasteiger partial charge in [-0.3, -0.25) is 0 Å². The van der Waals surface area contributed by atoms with Crippen molar-refractivity contribution in [3.05, 3.63) is 35.4 Å². The number of sulfone groups is 1. The summed E-state index contributed by atoms with van der Waals surface area (Å²) in [5.41, 5.74) is 7.73. The predicted molar refractivity (Wildman–Crippen MR) is 68.4 cm³/mol. The van der Waals surface area contributed by atoms with Crippen LogP contribution in [0.1, 0.15) is 24.1 Å². The maximum atomic E-state index is 11.8. The lowest BCUT2D eigenvalue weighted by atomic mass is 10.0. The molecule has 0 amide bonds. The molecule has 0 radical (unpaired) electrons. The highest BCUT2D eigenvalue weighted by Gasteiger charge is 2.30. The summed E-state index contributed by atoms with van der Waals surface area (Å²) in [6, 6.07) is 6.66. The van der Waals surface area contributed by atoms with E-state index in [-0.39, 0.29) is 5.75 Å². The minimum absolute atomic E-state index is 0.0161. The Bertz CT molecular complexity index is 453. The van der Waals surface area contributed by atoms with Crippen LogP contribution in [-0.2, 0) is 9.84 Å². The zero-order valence-electron chi connectivity index (χ0n) is 10.1. The van der Waals surface area contributed by atoms with Crippen LogP contribution in [-0.4, -0.2) is 31.1 Å². The Balaban J connectivity index is 3.02. The normalized spacial score (nSPS) is 15.5. The largest absolute Gasteiger partial charge is 0.395 e. The SMILES string of the molecule is CCS(=O)(=O)[C@@H](CO)[C@@H](N)c1ccc(C)cc1. The molecule has 0 unspecified atom stereocenters. The maximum Gasteiger partial charge on any atom is 0.157 e. The van der Waals surface area contributed by atoms with Crippen molar-refractivity contribution in [1.29, 1.82) is 0 Å². The summed E-state index contributed by atoms with van der Waals surface area (Å²) in [6.07, 6.45) is 0. The van der Waals surface area contributed by atoms with Gasteiger partial charge >= 0.3 is 0 Å². The van der Waals surface area contributed by atoms with Gasteiger partial charge in [0.25, 0.3) is 0 Å². The van der Waals surface area contributed by atoms with Gasteiger partial charge in [-0.1, -0.05) is 36.8 Å². The summed E-state index contributed by atoms with van der Waals surface area (Å²) < 4.78 is 23.5. The number of nitrogens with two attached hydrogens (primary N) is 1. The Morgan fingerprint density at radius 2 is 1.82 bits per heavy atom. The molecule has 17 heavy (non-hydrogen) atoms. The third kappa shape index (κ3) is 3.28. The smallest absolute Gasteiger partial charge is 0.157 e. The summed E-state index contributed by atoms with van der Waals surface area (Å²) in [5, 5.41) is 8.28. The molecule has 0 saturated heterocycles. The van der Waals surface area contributed by atoms with E-state index in [0.29, 0.717) is 0 Å². The fourth-order valence-electron chi connectivity index (χ4n) is 1.67. The molecule has 0 saturated carbocycles. The van der Waals surface area contributed by atoms with E-state index in [4.69, 9.17) is 5.73 Å². The third-order valence-electron chi connectivity index (χ3n) is 2.91. The van der Waals surface area contributed by atoms with E-state index in [1.165, 1.54) is 0 Å². The molecule has 2 atom stereocenters. The molecule has 0 aliphatic rings. The summed E-state index contributed by atoms with van der Waals surface area (Å²) in [5.74, 6) is -0.0161. The van der Waals surface area contributed by atoms with Crippen LogP contribution in [0.3, 0.4) is 0 Å². The van der Waals surface area contributed by atoms with E-state index in [1.54, 1.807) is 19.1 Å². The fraction of sp³-hybridized carbons (Fsp3) is 0.500. The lowest BCUT2D eigenvalue weighted by molar-refractivity contribution is 0.277. The first-order valence-electron chi connectivity index (χ1n) is 5.57. The summed E-state index contributed by atoms with van der Waals surface area (Å²) in [4.78, 5) is 0. The molecule has 4 nitrogen and oxygen atoms in total. The quantitative estimate of drug-likeness (QED) is 0.817. The van der Waals surface area contributed by atoms with E-state index in [1.807, 2.05) is 19.1 Å². The van der Waals surface area contributed by atoms with Gasteiger partial charge < -0.3 is 10.8 Å². The molecule has 0 aliphatic heterocycles. The Morgan fingerprint density at radius 3 is 2.24 bits per heavy atom. The zero-order valence-corrected chi connectivity index (χ0v) is 10.9. The van der Waals surface area contributed by atoms with Crippen molar-refractivity contribution in [1.82, 2.24) is 0 Å². The van der Waals surface area contributed by atoms with E-state index in [9.17, 15) is 13.5 Å². The van der Waals surface area contributed by atoms with Gasteiger partial charge in [-0.2, -0.15) is 0 Å². The van der Waals surface area contributed by atoms with Crippen LogP contribution in [0.15, 0.2) is 24.3 Å². The highest BCUT2D eigenvalue weighted by Crippen LogP contribution is 2.20. The predicted octanol–water partition coefficient (Wildman–Crippen LogP) is 0.790. The molecule has 1 aromatic carbocycles. The fourth-order valence-corrected chi connectivity index (χ4v) is 2.93. The second-order valence-electron chi connectivity index (χ2n) is 4.11. The molecule has 0 bridgehead atoms. The van der Waals surface area contributed by atoms with E-state index in [2.05, 4.69) is 0 Å². The lowest BCUT2D eigenvalue weighted by Crippen LogP contribution is -2.37. The molecule has 1 aromatic rings. The Labute approximate surface area is 102 Å². The monoisotopic (exact) mass is 257 g/mol. The first kappa shape index (κ1) is 14.2. The van der Waals surface area contributed by atoms with Crippen LogP contribution in [0.25, 0.3) is 0 Å². The van der Waals surface area contributed by atoms with E-state index in [0.717, 1.165) is 11.1 Å². The van der Waals surface area contributed by atoms with Gasteiger partial charge in [0, 0.05) is 11.8 Å². The zero-order chi connectivity index (χ0) is 13.1. The first-order chi connectivity index (χ1) is 7.92. The minimum Gasteiger partial charge on any atom is -0.395 e. The van der Waals surface area contributed by atoms with Gasteiger partial charge in [0.1, 0.15) is 5.25 Å². The highest BCUT2D eigenvalue weighted by atomic mass is 32.2. The average Bonchev–Trinajstić information content (AvgIpc) is 2.30. The van der Waals surface area contributed by atoms with Gasteiger partial charge in [-0.25, -0.2) is 8.42 Å². The Morgan fingerprint density at radius 1 is 1.29 bits per heavy atom. The van der Waals surface area contributed by atoms with E-state index < -0.39 is 27.7 Å². The number of hydrogen-bond acceptors (Lipinski definition) is 4. The second-order valence-corrected chi connectivity index (χ2v) is 6.62. The summed E-state index contributed by atoms with van der Waals surface area (Å²) in [7, 11) is -3.34. The molecule has 0 heterocycles. The summed E-state index contributed by atoms with van der Waals surface area (Å²) in [6.45, 7) is 3.05. The van der Waals surface area contributed by atoms with Crippen molar-refractivity contribution in [2.24, 2.45) is 5.73 Å². The molecule has 96 valence electrons. The first-order valence-corrected chi connectivity index (χ1v) is 7.28. The Kier molecular flexibility index (Phi) is 4.68. The maximum absolute atomic E-state index is 11.8. The van der Waals surface area contributed by atoms with Crippen LogP contribution < -0.4 is 5.73 Å². The van der Waals surface area contributed by atoms with E-state index >= 15 is 0 Å². The van der Waals surface area contributed by atoms with Crippen LogP contribution >= 0.6 is 0 Å². The number of hydrogen-bond donors (Lipinski definition) is 2. The molecule has 3 N–H and O–H groups in total. The topological polar surface area (TPSA) is 80.4 Å². The van der Waals surface area contributed by atoms with Gasteiger partial charge in [-0.15, -0.1) is 0 Å². The molecule has 0 fully saturated rings. The molecule has 1 rings (SSSR count). The van der Waals surface area contributed by atoms with Crippen LogP contribution in [0.2, 0.25) is 0 Å². The number of aliphatic hydroxyl groups excluding tert-OH is 1. The number of aliphatic hydroxyl groups is 1. The minimum atomic E-state index is -3.34. The summed E-state index contributed by atoms with van der Waals surface area (Å²) >= 11 is 0. The standard InChI is InChI=1S/C12H19NO3S/c1-3-17(15,16)11(8-14)12(13)10-6-4-9(2)5-7-10/h4-7,11-12,14H,3,8,13H2,1-2H3/t11-,12-/m0/s1. The second kappa shape index (κ2) is 5.62. The number of benzene rings is 1. The lowest BCUT2D eigenvalue weighted by Gasteiger charge is -2.22. The van der Waals surface area contributed by atoms with Crippen LogP contribution in [0.5, 0.6) is 0 Å². The van der Waals surface area contributed by atoms with Crippen molar-refractivity contribution in [2.75, 3.05) is 12.4 Å². The number of rotatable bonds is 5. The van der Waals surface area contributed by atoms with Gasteiger partial charge in [0.05, 0.1) is 6.61 Å². The van der Waals surface area contributed by atoms with Crippen LogP contribution in [0.4, 0.5) is 0 Å².